The molecule has 30 heavy (non-hydrogen) atoms. The van der Waals surface area contributed by atoms with E-state index in [1.165, 1.54) is 43.3 Å². The molecule has 6 nitrogen and oxygen atoms in total. The molecule has 0 aliphatic carbocycles. The van der Waals surface area contributed by atoms with Crippen LogP contribution in [0.3, 0.4) is 0 Å². The number of halogens is 3. The molecule has 1 aliphatic rings. The van der Waals surface area contributed by atoms with Gasteiger partial charge in [0.05, 0.1) is 16.1 Å². The first-order valence-corrected chi connectivity index (χ1v) is 10.8. The first-order valence-electron chi connectivity index (χ1n) is 8.95. The molecule has 3 rings (SSSR count). The van der Waals surface area contributed by atoms with Crippen LogP contribution >= 0.6 is 0 Å². The van der Waals surface area contributed by atoms with E-state index in [0.717, 1.165) is 12.3 Å². The molecule has 160 valence electrons. The Bertz CT molecular complexity index is 1110. The fraction of sp³-hybridized carbons (Fsp3) is 0.300. The summed E-state index contributed by atoms with van der Waals surface area (Å²) in [5, 5.41) is 5.03. The SMILES string of the molecule is Cc1cc([C@H]2CNC(=O)[C@@H]2C(=O)Nc2ccccc2S(C)(=O)=O)ccc1C(F)(F)F. The van der Waals surface area contributed by atoms with Crippen LogP contribution in [0.2, 0.25) is 0 Å². The van der Waals surface area contributed by atoms with Crippen molar-refractivity contribution < 1.29 is 31.2 Å². The Kier molecular flexibility index (Phi) is 5.64. The predicted molar refractivity (Wildman–Crippen MR) is 104 cm³/mol. The minimum Gasteiger partial charge on any atom is -0.355 e. The number of alkyl halides is 3. The molecule has 0 saturated carbocycles. The number of para-hydroxylation sites is 1. The molecule has 0 bridgehead atoms. The summed E-state index contributed by atoms with van der Waals surface area (Å²) in [6.45, 7) is 1.39. The van der Waals surface area contributed by atoms with Crippen molar-refractivity contribution in [2.75, 3.05) is 18.1 Å². The van der Waals surface area contributed by atoms with Gasteiger partial charge in [0.2, 0.25) is 11.8 Å². The van der Waals surface area contributed by atoms with Gasteiger partial charge in [-0.25, -0.2) is 8.42 Å². The number of anilines is 1. The van der Waals surface area contributed by atoms with Crippen LogP contribution in [0.15, 0.2) is 47.4 Å². The van der Waals surface area contributed by atoms with Gasteiger partial charge in [-0.2, -0.15) is 13.2 Å². The molecule has 1 heterocycles. The molecule has 2 amide bonds. The van der Waals surface area contributed by atoms with Gasteiger partial charge in [0.1, 0.15) is 5.92 Å². The topological polar surface area (TPSA) is 92.3 Å². The number of carbonyl (C=O) groups excluding carboxylic acids is 2. The van der Waals surface area contributed by atoms with Crippen molar-refractivity contribution in [1.29, 1.82) is 0 Å². The van der Waals surface area contributed by atoms with Gasteiger partial charge in [-0.3, -0.25) is 9.59 Å². The highest BCUT2D eigenvalue weighted by molar-refractivity contribution is 7.90. The number of aryl methyl sites for hydroxylation is 1. The number of rotatable bonds is 4. The zero-order chi connectivity index (χ0) is 22.3. The summed E-state index contributed by atoms with van der Waals surface area (Å²) in [5.74, 6) is -3.21. The van der Waals surface area contributed by atoms with Gasteiger partial charge in [0, 0.05) is 18.7 Å². The van der Waals surface area contributed by atoms with E-state index in [-0.39, 0.29) is 22.7 Å². The standard InChI is InChI=1S/C20H19F3N2O4S/c1-11-9-12(7-8-14(11)20(21,22)23)13-10-24-18(26)17(13)19(27)25-15-5-3-4-6-16(15)30(2,28)29/h3-9,13,17H,10H2,1-2H3,(H,24,26)(H,25,27)/t13-,17-/m1/s1. The third kappa shape index (κ3) is 4.33. The van der Waals surface area contributed by atoms with Crippen molar-refractivity contribution in [3.63, 3.8) is 0 Å². The summed E-state index contributed by atoms with van der Waals surface area (Å²) in [6, 6.07) is 9.28. The van der Waals surface area contributed by atoms with Gasteiger partial charge in [0.15, 0.2) is 9.84 Å². The highest BCUT2D eigenvalue weighted by atomic mass is 32.2. The molecule has 1 aliphatic heterocycles. The van der Waals surface area contributed by atoms with Crippen molar-refractivity contribution in [3.05, 3.63) is 59.2 Å². The lowest BCUT2D eigenvalue weighted by molar-refractivity contribution is -0.138. The Morgan fingerprint density at radius 3 is 2.43 bits per heavy atom. The van der Waals surface area contributed by atoms with Crippen LogP contribution in [0.5, 0.6) is 0 Å². The lowest BCUT2D eigenvalue weighted by atomic mass is 9.86. The number of benzene rings is 2. The van der Waals surface area contributed by atoms with E-state index in [2.05, 4.69) is 10.6 Å². The predicted octanol–water partition coefficient (Wildman–Crippen LogP) is 2.89. The molecular formula is C20H19F3N2O4S. The number of hydrogen-bond donors (Lipinski definition) is 2. The lowest BCUT2D eigenvalue weighted by Gasteiger charge is -2.19. The van der Waals surface area contributed by atoms with E-state index in [1.54, 1.807) is 0 Å². The summed E-state index contributed by atoms with van der Waals surface area (Å²) < 4.78 is 62.9. The largest absolute Gasteiger partial charge is 0.416 e. The molecule has 1 fully saturated rings. The third-order valence-corrected chi connectivity index (χ3v) is 6.15. The minimum atomic E-state index is -4.50. The van der Waals surface area contributed by atoms with Gasteiger partial charge in [-0.05, 0) is 36.2 Å². The second-order valence-electron chi connectivity index (χ2n) is 7.16. The average molecular weight is 440 g/mol. The van der Waals surface area contributed by atoms with Crippen LogP contribution in [-0.2, 0) is 25.6 Å². The summed E-state index contributed by atoms with van der Waals surface area (Å²) in [5.41, 5.74) is -0.352. The van der Waals surface area contributed by atoms with E-state index < -0.39 is 45.2 Å². The van der Waals surface area contributed by atoms with Gasteiger partial charge >= 0.3 is 6.18 Å². The fourth-order valence-electron chi connectivity index (χ4n) is 3.57. The Labute approximate surface area is 171 Å². The molecular weight excluding hydrogens is 421 g/mol. The monoisotopic (exact) mass is 440 g/mol. The van der Waals surface area contributed by atoms with E-state index in [9.17, 15) is 31.2 Å². The Balaban J connectivity index is 1.91. The second kappa shape index (κ2) is 7.75. The summed E-state index contributed by atoms with van der Waals surface area (Å²) in [7, 11) is -3.63. The number of sulfone groups is 1. The van der Waals surface area contributed by atoms with Crippen molar-refractivity contribution in [1.82, 2.24) is 5.32 Å². The van der Waals surface area contributed by atoms with E-state index >= 15 is 0 Å². The molecule has 1 saturated heterocycles. The van der Waals surface area contributed by atoms with Crippen LogP contribution in [0, 0.1) is 12.8 Å². The fourth-order valence-corrected chi connectivity index (χ4v) is 4.42. The summed E-state index contributed by atoms with van der Waals surface area (Å²) >= 11 is 0. The quantitative estimate of drug-likeness (QED) is 0.716. The Morgan fingerprint density at radius 2 is 1.83 bits per heavy atom. The molecule has 0 aromatic heterocycles. The zero-order valence-electron chi connectivity index (χ0n) is 16.1. The molecule has 10 heteroatoms. The maximum atomic E-state index is 13.0. The lowest BCUT2D eigenvalue weighted by Crippen LogP contribution is -2.32. The van der Waals surface area contributed by atoms with E-state index in [4.69, 9.17) is 0 Å². The maximum absolute atomic E-state index is 13.0. The smallest absolute Gasteiger partial charge is 0.355 e. The summed E-state index contributed by atoms with van der Waals surface area (Å²) in [4.78, 5) is 25.1. The molecule has 0 spiro atoms. The van der Waals surface area contributed by atoms with E-state index in [1.807, 2.05) is 0 Å². The van der Waals surface area contributed by atoms with Crippen LogP contribution in [0.25, 0.3) is 0 Å². The van der Waals surface area contributed by atoms with Crippen LogP contribution in [0.1, 0.15) is 22.6 Å². The van der Waals surface area contributed by atoms with Gasteiger partial charge in [-0.15, -0.1) is 0 Å². The second-order valence-corrected chi connectivity index (χ2v) is 9.14. The van der Waals surface area contributed by atoms with Crippen LogP contribution in [0.4, 0.5) is 18.9 Å². The number of amides is 2. The molecule has 2 aromatic carbocycles. The van der Waals surface area contributed by atoms with Crippen LogP contribution in [-0.4, -0.2) is 33.0 Å². The highest BCUT2D eigenvalue weighted by Gasteiger charge is 2.42. The zero-order valence-corrected chi connectivity index (χ0v) is 16.9. The number of carbonyl (C=O) groups is 2. The normalized spacial score (nSPS) is 19.4. The highest BCUT2D eigenvalue weighted by Crippen LogP contribution is 2.36. The van der Waals surface area contributed by atoms with Crippen LogP contribution < -0.4 is 10.6 Å². The Hall–Kier alpha value is -2.88. The van der Waals surface area contributed by atoms with Gasteiger partial charge < -0.3 is 10.6 Å². The summed E-state index contributed by atoms with van der Waals surface area (Å²) in [6.07, 6.45) is -3.51. The first-order chi connectivity index (χ1) is 13.9. The molecule has 2 aromatic rings. The van der Waals surface area contributed by atoms with Gasteiger partial charge in [-0.1, -0.05) is 24.3 Å². The number of hydrogen-bond acceptors (Lipinski definition) is 4. The molecule has 0 unspecified atom stereocenters. The van der Waals surface area contributed by atoms with Crippen molar-refractivity contribution in [2.24, 2.45) is 5.92 Å². The van der Waals surface area contributed by atoms with Crippen molar-refractivity contribution in [2.45, 2.75) is 23.9 Å². The maximum Gasteiger partial charge on any atom is 0.416 e. The van der Waals surface area contributed by atoms with Crippen molar-refractivity contribution in [3.8, 4) is 0 Å². The average Bonchev–Trinajstić information content (AvgIpc) is 3.01. The Morgan fingerprint density at radius 1 is 1.17 bits per heavy atom. The van der Waals surface area contributed by atoms with E-state index in [0.29, 0.717) is 5.56 Å². The van der Waals surface area contributed by atoms with Crippen molar-refractivity contribution >= 4 is 27.3 Å². The third-order valence-electron chi connectivity index (χ3n) is 4.99. The first kappa shape index (κ1) is 21.8. The minimum absolute atomic E-state index is 0.0130. The molecule has 2 N–H and O–H groups in total. The van der Waals surface area contributed by atoms with Gasteiger partial charge in [0.25, 0.3) is 0 Å². The molecule has 2 atom stereocenters. The molecule has 0 radical (unpaired) electrons. The number of nitrogens with one attached hydrogen (secondary N) is 2.